The first kappa shape index (κ1) is 9.74. The molecule has 0 atom stereocenters. The van der Waals surface area contributed by atoms with Gasteiger partial charge in [0.25, 0.3) is 0 Å². The van der Waals surface area contributed by atoms with Crippen LogP contribution in [0.15, 0.2) is 21.1 Å². The van der Waals surface area contributed by atoms with E-state index < -0.39 is 0 Å². The molecule has 0 saturated carbocycles. The number of halogens is 2. The highest BCUT2D eigenvalue weighted by Crippen LogP contribution is 2.31. The van der Waals surface area contributed by atoms with Crippen LogP contribution in [0.2, 0.25) is 0 Å². The van der Waals surface area contributed by atoms with Gasteiger partial charge in [-0.1, -0.05) is 15.9 Å². The highest BCUT2D eigenvalue weighted by molar-refractivity contribution is 9.11. The minimum absolute atomic E-state index is 0.571. The summed E-state index contributed by atoms with van der Waals surface area (Å²) in [5.74, 6) is 0.645. The summed E-state index contributed by atoms with van der Waals surface area (Å²) in [6.07, 6.45) is 0.775. The molecule has 0 aromatic heterocycles. The Bertz CT molecular complexity index is 310. The highest BCUT2D eigenvalue weighted by Gasteiger charge is 2.06. The lowest BCUT2D eigenvalue weighted by Gasteiger charge is -2.05. The molecule has 0 saturated heterocycles. The number of hydrogen-bond donors (Lipinski definition) is 0. The molecule has 0 unspecified atom stereocenters. The van der Waals surface area contributed by atoms with E-state index in [1.165, 1.54) is 0 Å². The summed E-state index contributed by atoms with van der Waals surface area (Å²) in [5.41, 5.74) is 0.571. The first-order chi connectivity index (χ1) is 5.69. The van der Waals surface area contributed by atoms with Crippen molar-refractivity contribution in [2.75, 3.05) is 7.11 Å². The quantitative estimate of drug-likeness (QED) is 0.784. The van der Waals surface area contributed by atoms with Crippen LogP contribution in [-0.4, -0.2) is 13.4 Å². The number of hydrogen-bond acceptors (Lipinski definition) is 2. The molecule has 2 nitrogen and oxygen atoms in total. The third-order valence-electron chi connectivity index (χ3n) is 1.38. The number of rotatable bonds is 2. The van der Waals surface area contributed by atoms with Crippen LogP contribution in [-0.2, 0) is 0 Å². The van der Waals surface area contributed by atoms with Gasteiger partial charge in [0, 0.05) is 10.0 Å². The Morgan fingerprint density at radius 2 is 2.08 bits per heavy atom. The second kappa shape index (κ2) is 4.05. The van der Waals surface area contributed by atoms with Gasteiger partial charge in [-0.15, -0.1) is 0 Å². The third-order valence-corrected chi connectivity index (χ3v) is 2.69. The molecule has 1 rings (SSSR count). The van der Waals surface area contributed by atoms with Gasteiger partial charge in [-0.25, -0.2) is 0 Å². The Labute approximate surface area is 87.2 Å². The standard InChI is InChI=1S/C8H6Br2O2/c1-12-7-3-6(9)2-5(4-11)8(7)10/h2-4H,1H3. The summed E-state index contributed by atoms with van der Waals surface area (Å²) in [4.78, 5) is 10.5. The number of ether oxygens (including phenoxy) is 1. The minimum Gasteiger partial charge on any atom is -0.496 e. The zero-order chi connectivity index (χ0) is 9.14. The molecule has 0 bridgehead atoms. The van der Waals surface area contributed by atoms with Crippen LogP contribution in [0.25, 0.3) is 0 Å². The van der Waals surface area contributed by atoms with Crippen LogP contribution in [0.4, 0.5) is 0 Å². The molecule has 1 aromatic carbocycles. The lowest BCUT2D eigenvalue weighted by atomic mass is 10.2. The van der Waals surface area contributed by atoms with Gasteiger partial charge >= 0.3 is 0 Å². The number of methoxy groups -OCH3 is 1. The summed E-state index contributed by atoms with van der Waals surface area (Å²) >= 11 is 6.53. The largest absolute Gasteiger partial charge is 0.496 e. The highest BCUT2D eigenvalue weighted by atomic mass is 79.9. The Morgan fingerprint density at radius 3 is 2.58 bits per heavy atom. The molecular weight excluding hydrogens is 288 g/mol. The maximum Gasteiger partial charge on any atom is 0.151 e. The van der Waals surface area contributed by atoms with Crippen molar-refractivity contribution in [3.63, 3.8) is 0 Å². The molecule has 0 radical (unpaired) electrons. The van der Waals surface area contributed by atoms with Gasteiger partial charge in [-0.05, 0) is 28.1 Å². The van der Waals surface area contributed by atoms with E-state index in [2.05, 4.69) is 31.9 Å². The van der Waals surface area contributed by atoms with Crippen LogP contribution in [0.1, 0.15) is 10.4 Å². The Kier molecular flexibility index (Phi) is 3.29. The van der Waals surface area contributed by atoms with E-state index in [0.29, 0.717) is 15.8 Å². The molecule has 0 aliphatic heterocycles. The van der Waals surface area contributed by atoms with Crippen molar-refractivity contribution < 1.29 is 9.53 Å². The van der Waals surface area contributed by atoms with Gasteiger partial charge in [0.2, 0.25) is 0 Å². The van der Waals surface area contributed by atoms with Crippen molar-refractivity contribution in [3.05, 3.63) is 26.6 Å². The fourth-order valence-electron chi connectivity index (χ4n) is 0.819. The van der Waals surface area contributed by atoms with E-state index in [-0.39, 0.29) is 0 Å². The zero-order valence-corrected chi connectivity index (χ0v) is 9.48. The normalized spacial score (nSPS) is 9.58. The lowest BCUT2D eigenvalue weighted by Crippen LogP contribution is -1.89. The van der Waals surface area contributed by atoms with Gasteiger partial charge in [0.1, 0.15) is 5.75 Å². The molecule has 4 heteroatoms. The Balaban J connectivity index is 3.31. The molecule has 1 aromatic rings. The van der Waals surface area contributed by atoms with E-state index in [0.717, 1.165) is 10.8 Å². The Hall–Kier alpha value is -0.350. The molecule has 0 heterocycles. The molecular formula is C8H6Br2O2. The molecule has 0 fully saturated rings. The third kappa shape index (κ3) is 1.87. The topological polar surface area (TPSA) is 26.3 Å². The number of carbonyl (C=O) groups is 1. The average molecular weight is 294 g/mol. The minimum atomic E-state index is 0.571. The van der Waals surface area contributed by atoms with Gasteiger partial charge in [-0.2, -0.15) is 0 Å². The van der Waals surface area contributed by atoms with Crippen LogP contribution in [0.5, 0.6) is 5.75 Å². The van der Waals surface area contributed by atoms with Crippen LogP contribution < -0.4 is 4.74 Å². The van der Waals surface area contributed by atoms with Crippen LogP contribution in [0, 0.1) is 0 Å². The van der Waals surface area contributed by atoms with E-state index in [4.69, 9.17) is 4.74 Å². The summed E-state index contributed by atoms with van der Waals surface area (Å²) in [6, 6.07) is 3.51. The number of aldehydes is 1. The van der Waals surface area contributed by atoms with Crippen molar-refractivity contribution in [2.24, 2.45) is 0 Å². The predicted octanol–water partition coefficient (Wildman–Crippen LogP) is 3.03. The van der Waals surface area contributed by atoms with E-state index in [9.17, 15) is 4.79 Å². The van der Waals surface area contributed by atoms with Gasteiger partial charge in [0.05, 0.1) is 11.6 Å². The van der Waals surface area contributed by atoms with Crippen molar-refractivity contribution in [3.8, 4) is 5.75 Å². The fraction of sp³-hybridized carbons (Fsp3) is 0.125. The zero-order valence-electron chi connectivity index (χ0n) is 6.30. The smallest absolute Gasteiger partial charge is 0.151 e. The molecule has 64 valence electrons. The van der Waals surface area contributed by atoms with E-state index >= 15 is 0 Å². The SMILES string of the molecule is COc1cc(Br)cc(C=O)c1Br. The van der Waals surface area contributed by atoms with E-state index in [1.54, 1.807) is 19.2 Å². The van der Waals surface area contributed by atoms with Crippen molar-refractivity contribution in [1.82, 2.24) is 0 Å². The molecule has 0 spiro atoms. The predicted molar refractivity (Wildman–Crippen MR) is 53.8 cm³/mol. The molecule has 0 aliphatic carbocycles. The summed E-state index contributed by atoms with van der Waals surface area (Å²) < 4.78 is 6.54. The van der Waals surface area contributed by atoms with Crippen LogP contribution in [0.3, 0.4) is 0 Å². The maximum absolute atomic E-state index is 10.5. The summed E-state index contributed by atoms with van der Waals surface area (Å²) in [5, 5.41) is 0. The van der Waals surface area contributed by atoms with Crippen molar-refractivity contribution in [1.29, 1.82) is 0 Å². The van der Waals surface area contributed by atoms with Crippen molar-refractivity contribution >= 4 is 38.1 Å². The van der Waals surface area contributed by atoms with Gasteiger partial charge in [-0.3, -0.25) is 4.79 Å². The fourth-order valence-corrected chi connectivity index (χ4v) is 1.76. The second-order valence-electron chi connectivity index (χ2n) is 2.13. The first-order valence-electron chi connectivity index (χ1n) is 3.17. The number of carbonyl (C=O) groups excluding carboxylic acids is 1. The number of benzene rings is 1. The van der Waals surface area contributed by atoms with Crippen LogP contribution >= 0.6 is 31.9 Å². The van der Waals surface area contributed by atoms with E-state index in [1.807, 2.05) is 0 Å². The summed E-state index contributed by atoms with van der Waals surface area (Å²) in [6.45, 7) is 0. The average Bonchev–Trinajstić information content (AvgIpc) is 2.08. The first-order valence-corrected chi connectivity index (χ1v) is 4.76. The lowest BCUT2D eigenvalue weighted by molar-refractivity contribution is 0.112. The molecule has 0 aliphatic rings. The monoisotopic (exact) mass is 292 g/mol. The van der Waals surface area contributed by atoms with Gasteiger partial charge < -0.3 is 4.74 Å². The molecule has 0 N–H and O–H groups in total. The molecule has 0 amide bonds. The molecule has 12 heavy (non-hydrogen) atoms. The van der Waals surface area contributed by atoms with Crippen molar-refractivity contribution in [2.45, 2.75) is 0 Å². The Morgan fingerprint density at radius 1 is 1.42 bits per heavy atom. The van der Waals surface area contributed by atoms with Gasteiger partial charge in [0.15, 0.2) is 6.29 Å². The second-order valence-corrected chi connectivity index (χ2v) is 3.84. The maximum atomic E-state index is 10.5. The summed E-state index contributed by atoms with van der Waals surface area (Å²) in [7, 11) is 1.56.